The smallest absolute Gasteiger partial charge is 0.404 e. The fraction of sp³-hybridized carbons (Fsp3) is 0.300. The van der Waals surface area contributed by atoms with E-state index < -0.39 is 6.09 Å². The van der Waals surface area contributed by atoms with Crippen LogP contribution < -0.4 is 16.4 Å². The lowest BCUT2D eigenvalue weighted by molar-refractivity contribution is 0.0937. The van der Waals surface area contributed by atoms with E-state index in [0.29, 0.717) is 15.9 Å². The quantitative estimate of drug-likeness (QED) is 0.694. The molecule has 0 aliphatic rings. The van der Waals surface area contributed by atoms with Gasteiger partial charge in [-0.3, -0.25) is 4.79 Å². The van der Waals surface area contributed by atoms with Gasteiger partial charge >= 0.3 is 6.09 Å². The third kappa shape index (κ3) is 4.21. The number of pyridine rings is 1. The average Bonchev–Trinajstić information content (AvgIpc) is 2.34. The van der Waals surface area contributed by atoms with E-state index in [0.717, 1.165) is 0 Å². The zero-order valence-electron chi connectivity index (χ0n) is 9.70. The molecule has 18 heavy (non-hydrogen) atoms. The molecule has 1 rings (SSSR count). The molecule has 0 bridgehead atoms. The Morgan fingerprint density at radius 3 is 2.89 bits per heavy atom. The summed E-state index contributed by atoms with van der Waals surface area (Å²) < 4.78 is 5.19. The highest BCUT2D eigenvalue weighted by Crippen LogP contribution is 2.17. The molecular formula is C10H13BrN4O3. The van der Waals surface area contributed by atoms with Crippen molar-refractivity contribution in [1.82, 2.24) is 10.3 Å². The van der Waals surface area contributed by atoms with Gasteiger partial charge in [0.05, 0.1) is 12.1 Å². The highest BCUT2D eigenvalue weighted by Gasteiger charge is 2.12. The Morgan fingerprint density at radius 1 is 1.56 bits per heavy atom. The molecule has 2 amide bonds. The Balaban J connectivity index is 2.60. The number of carbonyl (C=O) groups excluding carboxylic acids is 2. The SMILES string of the molecule is CNc1ncc(Br)cc1C(=O)NCCOC(N)=O. The molecule has 1 aromatic heterocycles. The number of primary amides is 1. The molecule has 0 saturated heterocycles. The maximum atomic E-state index is 11.8. The Labute approximate surface area is 112 Å². The predicted octanol–water partition coefficient (Wildman–Crippen LogP) is 0.711. The van der Waals surface area contributed by atoms with Gasteiger partial charge in [0, 0.05) is 17.7 Å². The van der Waals surface area contributed by atoms with Crippen molar-refractivity contribution in [1.29, 1.82) is 0 Å². The van der Waals surface area contributed by atoms with Gasteiger partial charge in [-0.25, -0.2) is 9.78 Å². The van der Waals surface area contributed by atoms with Crippen molar-refractivity contribution in [3.05, 3.63) is 22.3 Å². The van der Waals surface area contributed by atoms with Crippen molar-refractivity contribution in [2.75, 3.05) is 25.5 Å². The molecule has 0 aliphatic heterocycles. The minimum Gasteiger partial charge on any atom is -0.448 e. The van der Waals surface area contributed by atoms with Gasteiger partial charge in [0.2, 0.25) is 0 Å². The number of nitrogens with zero attached hydrogens (tertiary/aromatic N) is 1. The number of ether oxygens (including phenoxy) is 1. The number of amides is 2. The van der Waals surface area contributed by atoms with Crippen molar-refractivity contribution >= 4 is 33.7 Å². The molecule has 1 heterocycles. The van der Waals surface area contributed by atoms with Crippen LogP contribution in [0.5, 0.6) is 0 Å². The van der Waals surface area contributed by atoms with Crippen molar-refractivity contribution in [2.24, 2.45) is 5.73 Å². The van der Waals surface area contributed by atoms with Gasteiger partial charge in [0.1, 0.15) is 12.4 Å². The van der Waals surface area contributed by atoms with Crippen molar-refractivity contribution in [3.8, 4) is 0 Å². The molecule has 0 aromatic carbocycles. The Kier molecular flexibility index (Phi) is 5.37. The first kappa shape index (κ1) is 14.2. The summed E-state index contributed by atoms with van der Waals surface area (Å²) in [5.74, 6) is 0.146. The van der Waals surface area contributed by atoms with Crippen LogP contribution in [0.25, 0.3) is 0 Å². The van der Waals surface area contributed by atoms with E-state index in [2.05, 4.69) is 36.3 Å². The average molecular weight is 317 g/mol. The summed E-state index contributed by atoms with van der Waals surface area (Å²) in [6, 6.07) is 1.64. The largest absolute Gasteiger partial charge is 0.448 e. The number of hydrogen-bond acceptors (Lipinski definition) is 5. The third-order valence-corrected chi connectivity index (χ3v) is 2.40. The fourth-order valence-corrected chi connectivity index (χ4v) is 1.55. The fourth-order valence-electron chi connectivity index (χ4n) is 1.22. The Hall–Kier alpha value is -1.83. The number of halogens is 1. The molecule has 7 nitrogen and oxygen atoms in total. The monoisotopic (exact) mass is 316 g/mol. The van der Waals surface area contributed by atoms with Gasteiger partial charge in [0.25, 0.3) is 5.91 Å². The molecule has 0 spiro atoms. The normalized spacial score (nSPS) is 9.67. The molecule has 98 valence electrons. The molecule has 4 N–H and O–H groups in total. The topological polar surface area (TPSA) is 106 Å². The zero-order valence-corrected chi connectivity index (χ0v) is 11.3. The number of aromatic nitrogens is 1. The second-order valence-corrected chi connectivity index (χ2v) is 4.14. The summed E-state index contributed by atoms with van der Waals surface area (Å²) in [5.41, 5.74) is 5.18. The van der Waals surface area contributed by atoms with E-state index >= 15 is 0 Å². The molecular weight excluding hydrogens is 304 g/mol. The molecule has 0 atom stereocenters. The van der Waals surface area contributed by atoms with Crippen molar-refractivity contribution < 1.29 is 14.3 Å². The first-order chi connectivity index (χ1) is 8.54. The van der Waals surface area contributed by atoms with Crippen molar-refractivity contribution in [2.45, 2.75) is 0 Å². The van der Waals surface area contributed by atoms with E-state index in [-0.39, 0.29) is 19.1 Å². The lowest BCUT2D eigenvalue weighted by Crippen LogP contribution is -2.29. The molecule has 8 heteroatoms. The summed E-state index contributed by atoms with van der Waals surface area (Å²) in [7, 11) is 1.67. The lowest BCUT2D eigenvalue weighted by Gasteiger charge is -2.09. The minimum atomic E-state index is -0.871. The molecule has 0 aliphatic carbocycles. The van der Waals surface area contributed by atoms with Crippen LogP contribution in [0.2, 0.25) is 0 Å². The highest BCUT2D eigenvalue weighted by atomic mass is 79.9. The van der Waals surface area contributed by atoms with Crippen LogP contribution in [0.15, 0.2) is 16.7 Å². The standard InChI is InChI=1S/C10H13BrN4O3/c1-13-8-7(4-6(11)5-15-8)9(16)14-2-3-18-10(12)17/h4-5H,2-3H2,1H3,(H2,12,17)(H,13,15)(H,14,16). The van der Waals surface area contributed by atoms with Gasteiger partial charge in [-0.05, 0) is 22.0 Å². The van der Waals surface area contributed by atoms with E-state index in [1.165, 1.54) is 0 Å². The Morgan fingerprint density at radius 2 is 2.28 bits per heavy atom. The maximum absolute atomic E-state index is 11.8. The van der Waals surface area contributed by atoms with Crippen LogP contribution in [0, 0.1) is 0 Å². The first-order valence-corrected chi connectivity index (χ1v) is 5.87. The van der Waals surface area contributed by atoms with Crippen LogP contribution in [0.3, 0.4) is 0 Å². The predicted molar refractivity (Wildman–Crippen MR) is 69.4 cm³/mol. The summed E-state index contributed by atoms with van der Waals surface area (Å²) in [5, 5.41) is 5.40. The van der Waals surface area contributed by atoms with Crippen LogP contribution in [0.1, 0.15) is 10.4 Å². The summed E-state index contributed by atoms with van der Waals surface area (Å²) in [6.07, 6.45) is 0.711. The van der Waals surface area contributed by atoms with E-state index in [9.17, 15) is 9.59 Å². The van der Waals surface area contributed by atoms with Crippen LogP contribution in [0.4, 0.5) is 10.6 Å². The van der Waals surface area contributed by atoms with Crippen LogP contribution in [-0.2, 0) is 4.74 Å². The third-order valence-electron chi connectivity index (χ3n) is 1.97. The second kappa shape index (κ2) is 6.80. The maximum Gasteiger partial charge on any atom is 0.404 e. The zero-order chi connectivity index (χ0) is 13.5. The number of anilines is 1. The number of nitrogens with one attached hydrogen (secondary N) is 2. The highest BCUT2D eigenvalue weighted by molar-refractivity contribution is 9.10. The Bertz CT molecular complexity index is 453. The van der Waals surface area contributed by atoms with E-state index in [1.807, 2.05) is 0 Å². The minimum absolute atomic E-state index is 0.0252. The van der Waals surface area contributed by atoms with Gasteiger partial charge in [-0.1, -0.05) is 0 Å². The lowest BCUT2D eigenvalue weighted by atomic mass is 10.2. The molecule has 0 radical (unpaired) electrons. The van der Waals surface area contributed by atoms with Gasteiger partial charge in [-0.2, -0.15) is 0 Å². The van der Waals surface area contributed by atoms with Crippen molar-refractivity contribution in [3.63, 3.8) is 0 Å². The summed E-state index contributed by atoms with van der Waals surface area (Å²) in [6.45, 7) is 0.203. The number of nitrogens with two attached hydrogens (primary N) is 1. The van der Waals surface area contributed by atoms with Gasteiger partial charge in [0.15, 0.2) is 0 Å². The molecule has 0 fully saturated rings. The van der Waals surface area contributed by atoms with Crippen LogP contribution in [-0.4, -0.2) is 37.2 Å². The molecule has 1 aromatic rings. The summed E-state index contributed by atoms with van der Waals surface area (Å²) >= 11 is 3.24. The van der Waals surface area contributed by atoms with Gasteiger partial charge < -0.3 is 21.1 Å². The molecule has 0 unspecified atom stereocenters. The van der Waals surface area contributed by atoms with E-state index in [4.69, 9.17) is 5.73 Å². The number of rotatable bonds is 5. The van der Waals surface area contributed by atoms with E-state index in [1.54, 1.807) is 19.3 Å². The van der Waals surface area contributed by atoms with Crippen LogP contribution >= 0.6 is 15.9 Å². The van der Waals surface area contributed by atoms with Gasteiger partial charge in [-0.15, -0.1) is 0 Å². The summed E-state index contributed by atoms with van der Waals surface area (Å²) in [4.78, 5) is 26.2. The number of hydrogen-bond donors (Lipinski definition) is 3. The molecule has 0 saturated carbocycles. The number of carbonyl (C=O) groups is 2. The first-order valence-electron chi connectivity index (χ1n) is 5.08. The second-order valence-electron chi connectivity index (χ2n) is 3.22.